The van der Waals surface area contributed by atoms with Crippen molar-refractivity contribution in [3.8, 4) is 11.5 Å². The van der Waals surface area contributed by atoms with Crippen LogP contribution in [0.1, 0.15) is 0 Å². The quantitative estimate of drug-likeness (QED) is 0.562. The number of hydrogen-bond donors (Lipinski definition) is 0. The van der Waals surface area contributed by atoms with E-state index in [0.717, 1.165) is 30.7 Å². The van der Waals surface area contributed by atoms with Crippen molar-refractivity contribution in [2.75, 3.05) is 14.2 Å². The second-order valence-electron chi connectivity index (χ2n) is 3.46. The largest absolute Gasteiger partial charge is 1.00 e. The Morgan fingerprint density at radius 3 is 1.50 bits per heavy atom. The van der Waals surface area contributed by atoms with Crippen LogP contribution in [0.5, 0.6) is 11.5 Å². The number of para-hydroxylation sites is 2. The van der Waals surface area contributed by atoms with Crippen molar-refractivity contribution in [3.63, 3.8) is 0 Å². The maximum atomic E-state index is 5.34. The molecule has 2 rings (SSSR count). The monoisotopic (exact) mass is 284 g/mol. The van der Waals surface area contributed by atoms with Gasteiger partial charge in [0.05, 0.1) is 25.7 Å². The van der Waals surface area contributed by atoms with Crippen LogP contribution in [0.2, 0.25) is 0 Å². The van der Waals surface area contributed by atoms with Crippen LogP contribution in [0, 0.1) is 0 Å². The van der Waals surface area contributed by atoms with Gasteiger partial charge in [-0.2, -0.15) is 10.6 Å². The molecular formula is C14H14KO2P. The van der Waals surface area contributed by atoms with Gasteiger partial charge in [-0.05, 0) is 12.1 Å². The summed E-state index contributed by atoms with van der Waals surface area (Å²) in [5.74, 6) is 1.81. The van der Waals surface area contributed by atoms with Crippen molar-refractivity contribution >= 4 is 19.2 Å². The smallest absolute Gasteiger partial charge is 0.499 e. The normalized spacial score (nSPS) is 9.44. The molecule has 0 N–H and O–H groups in total. The third kappa shape index (κ3) is 4.06. The Balaban J connectivity index is 0.00000162. The van der Waals surface area contributed by atoms with E-state index in [4.69, 9.17) is 9.47 Å². The van der Waals surface area contributed by atoms with Crippen LogP contribution in [0.15, 0.2) is 48.5 Å². The molecule has 0 aliphatic rings. The van der Waals surface area contributed by atoms with E-state index in [1.807, 2.05) is 36.4 Å². The van der Waals surface area contributed by atoms with Crippen LogP contribution in [-0.4, -0.2) is 14.2 Å². The van der Waals surface area contributed by atoms with Gasteiger partial charge in [0.15, 0.2) is 0 Å². The van der Waals surface area contributed by atoms with E-state index in [1.165, 1.54) is 0 Å². The molecule has 4 heteroatoms. The van der Waals surface area contributed by atoms with Crippen molar-refractivity contribution in [2.45, 2.75) is 0 Å². The fourth-order valence-electron chi connectivity index (χ4n) is 1.57. The van der Waals surface area contributed by atoms with Gasteiger partial charge in [-0.25, -0.2) is 0 Å². The fraction of sp³-hybridized carbons (Fsp3) is 0.143. The molecule has 0 unspecified atom stereocenters. The van der Waals surface area contributed by atoms with E-state index >= 15 is 0 Å². The Morgan fingerprint density at radius 2 is 1.11 bits per heavy atom. The van der Waals surface area contributed by atoms with Gasteiger partial charge < -0.3 is 18.1 Å². The van der Waals surface area contributed by atoms with Gasteiger partial charge in [-0.1, -0.05) is 36.4 Å². The molecule has 0 amide bonds. The topological polar surface area (TPSA) is 18.5 Å². The molecule has 88 valence electrons. The fourth-order valence-corrected chi connectivity index (χ4v) is 2.71. The third-order valence-electron chi connectivity index (χ3n) is 2.41. The molecule has 0 saturated heterocycles. The summed E-state index contributed by atoms with van der Waals surface area (Å²) < 4.78 is 10.7. The van der Waals surface area contributed by atoms with Gasteiger partial charge in [0.1, 0.15) is 0 Å². The molecule has 0 saturated carbocycles. The Kier molecular flexibility index (Phi) is 7.46. The summed E-state index contributed by atoms with van der Waals surface area (Å²) in [7, 11) is 4.47. The van der Waals surface area contributed by atoms with Crippen molar-refractivity contribution < 1.29 is 60.9 Å². The van der Waals surface area contributed by atoms with Crippen LogP contribution >= 0.6 is 8.58 Å². The molecule has 2 aromatic carbocycles. The van der Waals surface area contributed by atoms with Crippen LogP contribution in [0.25, 0.3) is 0 Å². The van der Waals surface area contributed by atoms with Crippen LogP contribution in [0.4, 0.5) is 0 Å². The van der Waals surface area contributed by atoms with Crippen LogP contribution < -0.4 is 71.5 Å². The van der Waals surface area contributed by atoms with E-state index in [2.05, 4.69) is 12.1 Å². The summed E-state index contributed by atoms with van der Waals surface area (Å²) in [6.07, 6.45) is 0. The van der Waals surface area contributed by atoms with Crippen molar-refractivity contribution in [2.24, 2.45) is 0 Å². The van der Waals surface area contributed by atoms with E-state index < -0.39 is 0 Å². The predicted octanol–water partition coefficient (Wildman–Crippen LogP) is -0.395. The molecule has 0 radical (unpaired) electrons. The summed E-state index contributed by atoms with van der Waals surface area (Å²) in [4.78, 5) is 0. The minimum atomic E-state index is 0. The maximum Gasteiger partial charge on any atom is 1.00 e. The van der Waals surface area contributed by atoms with Gasteiger partial charge >= 0.3 is 51.4 Å². The summed E-state index contributed by atoms with van der Waals surface area (Å²) in [6.45, 7) is 0. The van der Waals surface area contributed by atoms with Crippen molar-refractivity contribution in [3.05, 3.63) is 48.5 Å². The maximum absolute atomic E-state index is 5.34. The first-order valence-corrected chi connectivity index (χ1v) is 6.22. The second kappa shape index (κ2) is 8.31. The molecule has 0 aliphatic heterocycles. The third-order valence-corrected chi connectivity index (χ3v) is 3.63. The zero-order chi connectivity index (χ0) is 12.1. The van der Waals surface area contributed by atoms with Crippen LogP contribution in [-0.2, 0) is 0 Å². The molecule has 0 atom stereocenters. The van der Waals surface area contributed by atoms with E-state index in [-0.39, 0.29) is 51.4 Å². The molecule has 0 fully saturated rings. The number of benzene rings is 2. The summed E-state index contributed by atoms with van der Waals surface area (Å²) in [5.41, 5.74) is 0. The van der Waals surface area contributed by atoms with Gasteiger partial charge in [-0.15, -0.1) is 0 Å². The van der Waals surface area contributed by atoms with E-state index in [1.54, 1.807) is 14.2 Å². The minimum Gasteiger partial charge on any atom is -0.499 e. The number of methoxy groups -OCH3 is 2. The molecular weight excluding hydrogens is 270 g/mol. The Hall–Kier alpha value is 0.106. The molecule has 2 aromatic rings. The zero-order valence-corrected chi connectivity index (χ0v) is 14.9. The van der Waals surface area contributed by atoms with Gasteiger partial charge in [-0.3, -0.25) is 0 Å². The Bertz CT molecular complexity index is 457. The SMILES string of the molecule is COc1ccccc1[P-]c1ccccc1OC.[K+]. The number of rotatable bonds is 4. The van der Waals surface area contributed by atoms with Crippen LogP contribution in [0.3, 0.4) is 0 Å². The first kappa shape index (κ1) is 16.2. The van der Waals surface area contributed by atoms with E-state index in [0.29, 0.717) is 0 Å². The molecule has 0 spiro atoms. The zero-order valence-electron chi connectivity index (χ0n) is 10.9. The number of ether oxygens (including phenoxy) is 2. The summed E-state index contributed by atoms with van der Waals surface area (Å²) in [5, 5.41) is 2.28. The standard InChI is InChI=1S/C14H14O2P.K/c1-15-11-7-3-5-9-13(11)17-14-10-6-4-8-12(14)16-2;/h3-10H,1-2H3;/q-1;+1. The summed E-state index contributed by atoms with van der Waals surface area (Å²) >= 11 is 0. The Labute approximate surface area is 152 Å². The minimum absolute atomic E-state index is 0. The van der Waals surface area contributed by atoms with E-state index in [9.17, 15) is 0 Å². The first-order chi connectivity index (χ1) is 8.35. The molecule has 2 nitrogen and oxygen atoms in total. The molecule has 0 heterocycles. The van der Waals surface area contributed by atoms with Crippen molar-refractivity contribution in [1.29, 1.82) is 0 Å². The van der Waals surface area contributed by atoms with Gasteiger partial charge in [0.25, 0.3) is 0 Å². The average Bonchev–Trinajstić information content (AvgIpc) is 2.40. The summed E-state index contributed by atoms with van der Waals surface area (Å²) in [6, 6.07) is 16.0. The number of hydrogen-bond acceptors (Lipinski definition) is 2. The average molecular weight is 284 g/mol. The molecule has 0 aromatic heterocycles. The molecule has 0 bridgehead atoms. The molecule has 18 heavy (non-hydrogen) atoms. The first-order valence-electron chi connectivity index (χ1n) is 5.33. The molecule has 0 aliphatic carbocycles. The van der Waals surface area contributed by atoms with Gasteiger partial charge in [0, 0.05) is 0 Å². The van der Waals surface area contributed by atoms with Gasteiger partial charge in [0.2, 0.25) is 0 Å². The predicted molar refractivity (Wildman–Crippen MR) is 72.2 cm³/mol. The van der Waals surface area contributed by atoms with Crippen molar-refractivity contribution in [1.82, 2.24) is 0 Å². The second-order valence-corrected chi connectivity index (χ2v) is 4.64. The Morgan fingerprint density at radius 1 is 0.722 bits per heavy atom.